The third-order valence-corrected chi connectivity index (χ3v) is 2.84. The van der Waals surface area contributed by atoms with Gasteiger partial charge < -0.3 is 4.90 Å². The molecule has 5 heteroatoms. The van der Waals surface area contributed by atoms with Gasteiger partial charge in [0.2, 0.25) is 0 Å². The number of hydrogen-bond donors (Lipinski definition) is 0. The first-order valence-electron chi connectivity index (χ1n) is 5.16. The maximum Gasteiger partial charge on any atom is 0.390 e. The van der Waals surface area contributed by atoms with Crippen molar-refractivity contribution in [1.82, 2.24) is 4.90 Å². The number of alkyl halides is 4. The molecule has 0 rings (SSSR count). The van der Waals surface area contributed by atoms with Gasteiger partial charge in [0.25, 0.3) is 0 Å². The molecule has 0 radical (unpaired) electrons. The van der Waals surface area contributed by atoms with Crippen LogP contribution in [0, 0.1) is 5.92 Å². The highest BCUT2D eigenvalue weighted by Gasteiger charge is 2.26. The van der Waals surface area contributed by atoms with E-state index in [2.05, 4.69) is 22.9 Å². The highest BCUT2D eigenvalue weighted by Crippen LogP contribution is 2.19. The summed E-state index contributed by atoms with van der Waals surface area (Å²) < 4.78 is 35.7. The zero-order valence-electron chi connectivity index (χ0n) is 9.28. The minimum Gasteiger partial charge on any atom is -0.306 e. The lowest BCUT2D eigenvalue weighted by Gasteiger charge is -2.19. The zero-order valence-corrected chi connectivity index (χ0v) is 10.9. The fourth-order valence-electron chi connectivity index (χ4n) is 1.20. The smallest absolute Gasteiger partial charge is 0.306 e. The second-order valence-electron chi connectivity index (χ2n) is 4.04. The summed E-state index contributed by atoms with van der Waals surface area (Å²) in [6.07, 6.45) is -2.71. The average molecular weight is 290 g/mol. The van der Waals surface area contributed by atoms with E-state index in [1.807, 2.05) is 0 Å². The van der Waals surface area contributed by atoms with E-state index in [1.165, 1.54) is 0 Å². The topological polar surface area (TPSA) is 3.24 Å². The van der Waals surface area contributed by atoms with Gasteiger partial charge in [0.1, 0.15) is 0 Å². The van der Waals surface area contributed by atoms with Crippen molar-refractivity contribution in [3.8, 4) is 0 Å². The van der Waals surface area contributed by atoms with E-state index in [0.29, 0.717) is 5.92 Å². The number of halogens is 4. The van der Waals surface area contributed by atoms with Gasteiger partial charge in [-0.15, -0.1) is 0 Å². The minimum atomic E-state index is -4.03. The molecule has 0 bridgehead atoms. The van der Waals surface area contributed by atoms with Crippen LogP contribution in [-0.4, -0.2) is 36.5 Å². The van der Waals surface area contributed by atoms with Gasteiger partial charge in [0.05, 0.1) is 6.42 Å². The van der Waals surface area contributed by atoms with Crippen LogP contribution in [-0.2, 0) is 0 Å². The molecule has 0 aliphatic carbocycles. The zero-order chi connectivity index (χ0) is 11.9. The standard InChI is InChI=1S/C10H19BrF3N/c1-9(3-6-11)4-7-15(2)8-5-10(12,13)14/h9H,3-8H2,1-2H3. The van der Waals surface area contributed by atoms with E-state index >= 15 is 0 Å². The molecule has 0 aliphatic rings. The molecule has 1 unspecified atom stereocenters. The van der Waals surface area contributed by atoms with E-state index < -0.39 is 12.6 Å². The lowest BCUT2D eigenvalue weighted by atomic mass is 10.1. The highest BCUT2D eigenvalue weighted by atomic mass is 79.9. The third-order valence-electron chi connectivity index (χ3n) is 2.38. The maximum absolute atomic E-state index is 11.9. The predicted octanol–water partition coefficient (Wildman–Crippen LogP) is 3.68. The first-order chi connectivity index (χ1) is 6.85. The van der Waals surface area contributed by atoms with Crippen molar-refractivity contribution in [2.45, 2.75) is 32.4 Å². The van der Waals surface area contributed by atoms with Gasteiger partial charge in [-0.2, -0.15) is 13.2 Å². The molecule has 1 atom stereocenters. The Bertz CT molecular complexity index is 161. The van der Waals surface area contributed by atoms with E-state index in [4.69, 9.17) is 0 Å². The normalized spacial score (nSPS) is 14.6. The van der Waals surface area contributed by atoms with E-state index in [0.717, 1.165) is 24.7 Å². The van der Waals surface area contributed by atoms with Gasteiger partial charge in [0.15, 0.2) is 0 Å². The summed E-state index contributed by atoms with van der Waals surface area (Å²) in [6, 6.07) is 0. The molecule has 15 heavy (non-hydrogen) atoms. The summed E-state index contributed by atoms with van der Waals surface area (Å²) in [5.41, 5.74) is 0. The van der Waals surface area contributed by atoms with Gasteiger partial charge in [0, 0.05) is 11.9 Å². The van der Waals surface area contributed by atoms with Crippen molar-refractivity contribution in [1.29, 1.82) is 0 Å². The van der Waals surface area contributed by atoms with Gasteiger partial charge in [-0.05, 0) is 32.4 Å². The Balaban J connectivity index is 3.53. The van der Waals surface area contributed by atoms with Crippen molar-refractivity contribution in [3.63, 3.8) is 0 Å². The molecular formula is C10H19BrF3N. The first-order valence-corrected chi connectivity index (χ1v) is 6.28. The molecule has 0 aromatic carbocycles. The Morgan fingerprint density at radius 1 is 1.20 bits per heavy atom. The van der Waals surface area contributed by atoms with Crippen LogP contribution in [0.1, 0.15) is 26.2 Å². The monoisotopic (exact) mass is 289 g/mol. The molecule has 0 aromatic heterocycles. The molecule has 0 aliphatic heterocycles. The van der Waals surface area contributed by atoms with Crippen molar-refractivity contribution >= 4 is 15.9 Å². The van der Waals surface area contributed by atoms with Crippen molar-refractivity contribution < 1.29 is 13.2 Å². The largest absolute Gasteiger partial charge is 0.390 e. The Hall–Kier alpha value is 0.230. The molecule has 0 aromatic rings. The van der Waals surface area contributed by atoms with Crippen LogP contribution < -0.4 is 0 Å². The molecule has 92 valence electrons. The predicted molar refractivity (Wildman–Crippen MR) is 60.4 cm³/mol. The van der Waals surface area contributed by atoms with Crippen LogP contribution in [0.4, 0.5) is 13.2 Å². The summed E-state index contributed by atoms with van der Waals surface area (Å²) in [5, 5.41) is 0.959. The highest BCUT2D eigenvalue weighted by molar-refractivity contribution is 9.09. The lowest BCUT2D eigenvalue weighted by molar-refractivity contribution is -0.137. The number of hydrogen-bond acceptors (Lipinski definition) is 1. The lowest BCUT2D eigenvalue weighted by Crippen LogP contribution is -2.26. The van der Waals surface area contributed by atoms with E-state index in [9.17, 15) is 13.2 Å². The summed E-state index contributed by atoms with van der Waals surface area (Å²) in [6.45, 7) is 2.97. The molecule has 0 N–H and O–H groups in total. The first kappa shape index (κ1) is 15.2. The fraction of sp³-hybridized carbons (Fsp3) is 1.00. The van der Waals surface area contributed by atoms with Crippen LogP contribution >= 0.6 is 15.9 Å². The van der Waals surface area contributed by atoms with Crippen LogP contribution in [0.15, 0.2) is 0 Å². The summed E-state index contributed by atoms with van der Waals surface area (Å²) in [7, 11) is 1.74. The number of rotatable bonds is 7. The molecule has 0 saturated heterocycles. The Morgan fingerprint density at radius 2 is 1.80 bits per heavy atom. The van der Waals surface area contributed by atoms with Gasteiger partial charge in [-0.3, -0.25) is 0 Å². The second kappa shape index (κ2) is 7.49. The van der Waals surface area contributed by atoms with Crippen molar-refractivity contribution in [3.05, 3.63) is 0 Å². The SMILES string of the molecule is CC(CCBr)CCN(C)CCC(F)(F)F. The summed E-state index contributed by atoms with van der Waals surface area (Å²) >= 11 is 3.35. The molecule has 0 saturated carbocycles. The Labute approximate surface area is 98.1 Å². The summed E-state index contributed by atoms with van der Waals surface area (Å²) in [4.78, 5) is 1.75. The van der Waals surface area contributed by atoms with Crippen molar-refractivity contribution in [2.24, 2.45) is 5.92 Å². The minimum absolute atomic E-state index is 0.102. The van der Waals surface area contributed by atoms with E-state index in [1.54, 1.807) is 11.9 Å². The van der Waals surface area contributed by atoms with Crippen molar-refractivity contribution in [2.75, 3.05) is 25.5 Å². The summed E-state index contributed by atoms with van der Waals surface area (Å²) in [5.74, 6) is 0.567. The Kier molecular flexibility index (Phi) is 7.61. The fourth-order valence-corrected chi connectivity index (χ4v) is 1.98. The molecule has 0 heterocycles. The quantitative estimate of drug-likeness (QED) is 0.646. The molecule has 0 spiro atoms. The van der Waals surface area contributed by atoms with Gasteiger partial charge in [-0.1, -0.05) is 22.9 Å². The molecule has 1 nitrogen and oxygen atoms in total. The average Bonchev–Trinajstić information content (AvgIpc) is 2.11. The number of nitrogens with zero attached hydrogens (tertiary/aromatic N) is 1. The second-order valence-corrected chi connectivity index (χ2v) is 4.83. The molecule has 0 amide bonds. The maximum atomic E-state index is 11.9. The molecule has 0 fully saturated rings. The third kappa shape index (κ3) is 10.5. The van der Waals surface area contributed by atoms with Crippen LogP contribution in [0.3, 0.4) is 0 Å². The van der Waals surface area contributed by atoms with E-state index in [-0.39, 0.29) is 6.54 Å². The van der Waals surface area contributed by atoms with Gasteiger partial charge >= 0.3 is 6.18 Å². The van der Waals surface area contributed by atoms with Crippen LogP contribution in [0.2, 0.25) is 0 Å². The Morgan fingerprint density at radius 3 is 2.27 bits per heavy atom. The van der Waals surface area contributed by atoms with Crippen LogP contribution in [0.25, 0.3) is 0 Å². The van der Waals surface area contributed by atoms with Gasteiger partial charge in [-0.25, -0.2) is 0 Å². The van der Waals surface area contributed by atoms with Crippen LogP contribution in [0.5, 0.6) is 0 Å². The molecular weight excluding hydrogens is 271 g/mol.